The van der Waals surface area contributed by atoms with E-state index in [2.05, 4.69) is 60.7 Å². The van der Waals surface area contributed by atoms with Crippen molar-refractivity contribution in [2.45, 2.75) is 134 Å². The number of allylic oxidation sites excluding steroid dienone is 1. The van der Waals surface area contributed by atoms with Crippen LogP contribution in [0.4, 0.5) is 0 Å². The van der Waals surface area contributed by atoms with Crippen molar-refractivity contribution < 1.29 is 9.53 Å². The number of thioether (sulfide) groups is 2. The van der Waals surface area contributed by atoms with Gasteiger partial charge in [0.05, 0.1) is 10.2 Å². The molecule has 4 aliphatic carbocycles. The minimum atomic E-state index is -1.73. The van der Waals surface area contributed by atoms with Crippen LogP contribution < -0.4 is 0 Å². The smallest absolute Gasteiger partial charge is 0.192 e. The second-order valence-corrected chi connectivity index (χ2v) is 22.8. The quantitative estimate of drug-likeness (QED) is 0.279. The van der Waals surface area contributed by atoms with Crippen molar-refractivity contribution in [3.05, 3.63) is 11.6 Å². The van der Waals surface area contributed by atoms with Gasteiger partial charge in [0, 0.05) is 6.10 Å². The van der Waals surface area contributed by atoms with Gasteiger partial charge in [-0.2, -0.15) is 0 Å². The highest BCUT2D eigenvalue weighted by atomic mass is 32.2. The van der Waals surface area contributed by atoms with E-state index in [1.165, 1.54) is 69.3 Å². The fraction of sp³-hybridized carbons (Fsp3) is 0.935. The summed E-state index contributed by atoms with van der Waals surface area (Å²) in [5.74, 6) is 5.30. The lowest BCUT2D eigenvalue weighted by molar-refractivity contribution is -0.0954. The van der Waals surface area contributed by atoms with Crippen LogP contribution in [0.2, 0.25) is 18.1 Å². The first-order valence-electron chi connectivity index (χ1n) is 15.0. The minimum absolute atomic E-state index is 0.280. The predicted octanol–water partition coefficient (Wildman–Crippen LogP) is 8.90. The Labute approximate surface area is 232 Å². The van der Waals surface area contributed by atoms with Gasteiger partial charge in [0.15, 0.2) is 8.32 Å². The highest BCUT2D eigenvalue weighted by Gasteiger charge is 2.62. The molecule has 206 valence electrons. The maximum atomic E-state index is 12.0. The molecule has 5 unspecified atom stereocenters. The van der Waals surface area contributed by atoms with Gasteiger partial charge in [-0.15, -0.1) is 23.5 Å². The highest BCUT2D eigenvalue weighted by molar-refractivity contribution is 8.17. The van der Waals surface area contributed by atoms with Crippen molar-refractivity contribution in [1.82, 2.24) is 0 Å². The fourth-order valence-electron chi connectivity index (χ4n) is 9.27. The molecule has 0 aromatic heterocycles. The molecule has 0 aromatic carbocycles. The van der Waals surface area contributed by atoms with Crippen LogP contribution in [0, 0.1) is 34.5 Å². The van der Waals surface area contributed by atoms with Crippen LogP contribution in [0.5, 0.6) is 0 Å². The third kappa shape index (κ3) is 4.55. The lowest BCUT2D eigenvalue weighted by Gasteiger charge is -2.59. The molecule has 0 spiro atoms. The van der Waals surface area contributed by atoms with E-state index in [1.54, 1.807) is 5.57 Å². The van der Waals surface area contributed by atoms with Gasteiger partial charge in [0.1, 0.15) is 0 Å². The summed E-state index contributed by atoms with van der Waals surface area (Å²) in [5, 5.41) is 12.3. The molecule has 0 amide bonds. The predicted molar refractivity (Wildman–Crippen MR) is 161 cm³/mol. The summed E-state index contributed by atoms with van der Waals surface area (Å²) in [5.41, 5.74) is 1.85. The molecule has 4 fully saturated rings. The van der Waals surface area contributed by atoms with Gasteiger partial charge < -0.3 is 9.53 Å². The number of rotatable bonds is 4. The Kier molecular flexibility index (Phi) is 7.50. The van der Waals surface area contributed by atoms with Crippen LogP contribution in [-0.2, 0) is 4.43 Å². The van der Waals surface area contributed by atoms with Gasteiger partial charge in [0.2, 0.25) is 0 Å². The summed E-state index contributed by atoms with van der Waals surface area (Å²) in [6.45, 7) is 19.4. The Balaban J connectivity index is 1.33. The van der Waals surface area contributed by atoms with Crippen molar-refractivity contribution in [1.29, 1.82) is 0 Å². The summed E-state index contributed by atoms with van der Waals surface area (Å²) >= 11 is 4.06. The molecule has 8 atom stereocenters. The Morgan fingerprint density at radius 2 is 1.67 bits per heavy atom. The van der Waals surface area contributed by atoms with E-state index in [0.29, 0.717) is 27.4 Å². The first-order chi connectivity index (χ1) is 16.7. The molecule has 3 saturated carbocycles. The monoisotopic (exact) mass is 550 g/mol. The average molecular weight is 551 g/mol. The third-order valence-corrected chi connectivity index (χ3v) is 20.3. The van der Waals surface area contributed by atoms with E-state index in [0.717, 1.165) is 17.8 Å². The molecule has 2 nitrogen and oxygen atoms in total. The van der Waals surface area contributed by atoms with Gasteiger partial charge in [-0.05, 0) is 129 Å². The largest absolute Gasteiger partial charge is 0.414 e. The van der Waals surface area contributed by atoms with Crippen LogP contribution in [0.3, 0.4) is 0 Å². The van der Waals surface area contributed by atoms with E-state index in [9.17, 15) is 5.11 Å². The molecule has 0 radical (unpaired) electrons. The van der Waals surface area contributed by atoms with Gasteiger partial charge in [-0.25, -0.2) is 0 Å². The van der Waals surface area contributed by atoms with Crippen LogP contribution in [0.1, 0.15) is 99.3 Å². The maximum absolute atomic E-state index is 12.0. The van der Waals surface area contributed by atoms with Crippen molar-refractivity contribution in [3.63, 3.8) is 0 Å². The zero-order chi connectivity index (χ0) is 26.1. The van der Waals surface area contributed by atoms with Gasteiger partial charge in [0.25, 0.3) is 0 Å². The van der Waals surface area contributed by atoms with Crippen LogP contribution in [-0.4, -0.2) is 41.2 Å². The molecule has 36 heavy (non-hydrogen) atoms. The standard InChI is InChI=1S/C31H54O2S2Si/c1-28(2,3)36(7,8)33-22-14-16-29(4)21(20-22)10-11-23-24-12-13-26(30(24,5)17-15-25(23)29)31(6,32)27-34-18-9-19-35-27/h10,22-27,32H,9,11-20H2,1-8H3/t22?,23?,24?,25?,26?,29-,30-,31+/m0/s1. The second kappa shape index (κ2) is 9.60. The first kappa shape index (κ1) is 28.1. The zero-order valence-corrected chi connectivity index (χ0v) is 27.1. The van der Waals surface area contributed by atoms with Crippen molar-refractivity contribution in [3.8, 4) is 0 Å². The van der Waals surface area contributed by atoms with E-state index in [4.69, 9.17) is 4.43 Å². The van der Waals surface area contributed by atoms with E-state index < -0.39 is 13.9 Å². The Morgan fingerprint density at radius 3 is 2.33 bits per heavy atom. The lowest BCUT2D eigenvalue weighted by atomic mass is 9.47. The molecule has 0 bridgehead atoms. The van der Waals surface area contributed by atoms with E-state index >= 15 is 0 Å². The number of aliphatic hydroxyl groups is 1. The molecule has 1 N–H and O–H groups in total. The summed E-state index contributed by atoms with van der Waals surface area (Å²) in [4.78, 5) is 0. The average Bonchev–Trinajstić information content (AvgIpc) is 3.17. The fourth-order valence-corrected chi connectivity index (χ4v) is 13.9. The van der Waals surface area contributed by atoms with Gasteiger partial charge in [-0.3, -0.25) is 0 Å². The molecular weight excluding hydrogens is 497 g/mol. The molecule has 1 saturated heterocycles. The van der Waals surface area contributed by atoms with Crippen LogP contribution in [0.25, 0.3) is 0 Å². The summed E-state index contributed by atoms with van der Waals surface area (Å²) in [7, 11) is -1.73. The molecule has 0 aromatic rings. The number of hydrogen-bond donors (Lipinski definition) is 1. The first-order valence-corrected chi connectivity index (χ1v) is 20.0. The number of hydrogen-bond acceptors (Lipinski definition) is 4. The van der Waals surface area contributed by atoms with Gasteiger partial charge >= 0.3 is 0 Å². The van der Waals surface area contributed by atoms with Crippen molar-refractivity contribution in [2.24, 2.45) is 34.5 Å². The minimum Gasteiger partial charge on any atom is -0.414 e. The third-order valence-electron chi connectivity index (χ3n) is 12.3. The zero-order valence-electron chi connectivity index (χ0n) is 24.5. The van der Waals surface area contributed by atoms with E-state index in [-0.39, 0.29) is 5.04 Å². The molecule has 1 aliphatic heterocycles. The Hall–Kier alpha value is 0.577. The van der Waals surface area contributed by atoms with Crippen LogP contribution >= 0.6 is 23.5 Å². The van der Waals surface area contributed by atoms with Crippen molar-refractivity contribution >= 4 is 31.8 Å². The molecule has 5 rings (SSSR count). The highest BCUT2D eigenvalue weighted by Crippen LogP contribution is 2.68. The summed E-state index contributed by atoms with van der Waals surface area (Å²) in [6, 6.07) is 0. The number of fused-ring (bicyclic) bond motifs is 5. The SMILES string of the molecule is CC(C)(C)[Si](C)(C)OC1CC[C@@]2(C)C(=CCC3C4CCC([C@@](C)(O)C5SCCCS5)[C@@]4(C)CCC32)C1. The molecule has 5 heteroatoms. The molecule has 1 heterocycles. The summed E-state index contributed by atoms with van der Waals surface area (Å²) < 4.78 is 7.29. The van der Waals surface area contributed by atoms with Crippen LogP contribution in [0.15, 0.2) is 11.6 Å². The lowest BCUT2D eigenvalue weighted by Crippen LogP contribution is -2.55. The van der Waals surface area contributed by atoms with Gasteiger partial charge in [-0.1, -0.05) is 46.3 Å². The molecule has 5 aliphatic rings. The summed E-state index contributed by atoms with van der Waals surface area (Å²) in [6.07, 6.45) is 14.6. The molecular formula is C31H54O2S2Si. The van der Waals surface area contributed by atoms with Crippen molar-refractivity contribution in [2.75, 3.05) is 11.5 Å². The van der Waals surface area contributed by atoms with E-state index in [1.807, 2.05) is 23.5 Å². The Bertz CT molecular complexity index is 857. The normalized spacial score (nSPS) is 43.7. The Morgan fingerprint density at radius 1 is 0.972 bits per heavy atom. The maximum Gasteiger partial charge on any atom is 0.192 e. The topological polar surface area (TPSA) is 29.5 Å². The second-order valence-electron chi connectivity index (χ2n) is 15.3.